The molecule has 100 valence electrons. The molecule has 1 aromatic carbocycles. The van der Waals surface area contributed by atoms with Gasteiger partial charge in [-0.3, -0.25) is 4.68 Å². The number of nitrogens with zero attached hydrogens (tertiary/aromatic N) is 2. The van der Waals surface area contributed by atoms with E-state index >= 15 is 0 Å². The summed E-state index contributed by atoms with van der Waals surface area (Å²) in [5.74, 6) is 0. The highest BCUT2D eigenvalue weighted by molar-refractivity contribution is 8.00. The summed E-state index contributed by atoms with van der Waals surface area (Å²) in [6.45, 7) is 5.02. The van der Waals surface area contributed by atoms with Crippen molar-refractivity contribution in [2.75, 3.05) is 6.54 Å². The largest absolute Gasteiger partial charge is 0.313 e. The van der Waals surface area contributed by atoms with Crippen molar-refractivity contribution in [3.63, 3.8) is 0 Å². The van der Waals surface area contributed by atoms with Crippen molar-refractivity contribution < 1.29 is 0 Å². The number of rotatable bonds is 5. The lowest BCUT2D eigenvalue weighted by molar-refractivity contribution is 0.593. The molecular weight excluding hydrogens is 254 g/mol. The minimum atomic E-state index is 0.615. The van der Waals surface area contributed by atoms with Crippen molar-refractivity contribution in [1.29, 1.82) is 0 Å². The summed E-state index contributed by atoms with van der Waals surface area (Å²) in [6.07, 6.45) is 5.28. The van der Waals surface area contributed by atoms with Crippen LogP contribution < -0.4 is 5.32 Å². The van der Waals surface area contributed by atoms with E-state index in [2.05, 4.69) is 52.5 Å². The molecule has 2 aromatic rings. The van der Waals surface area contributed by atoms with Gasteiger partial charge in [0.25, 0.3) is 0 Å². The molecule has 0 bridgehead atoms. The van der Waals surface area contributed by atoms with E-state index in [9.17, 15) is 0 Å². The molecule has 1 aromatic heterocycles. The smallest absolute Gasteiger partial charge is 0.0534 e. The van der Waals surface area contributed by atoms with Gasteiger partial charge in [0.2, 0.25) is 0 Å². The number of fused-ring (bicyclic) bond motifs is 1. The second-order valence-electron chi connectivity index (χ2n) is 4.90. The van der Waals surface area contributed by atoms with Crippen LogP contribution in [0.15, 0.2) is 41.6 Å². The average molecular weight is 273 g/mol. The first-order valence-electron chi connectivity index (χ1n) is 6.81. The van der Waals surface area contributed by atoms with E-state index in [0.717, 1.165) is 26.1 Å². The maximum atomic E-state index is 4.46. The fraction of sp³-hybridized carbons (Fsp3) is 0.400. The van der Waals surface area contributed by atoms with Gasteiger partial charge in [-0.25, -0.2) is 0 Å². The van der Waals surface area contributed by atoms with Crippen LogP contribution in [0.5, 0.6) is 0 Å². The number of hydrogen-bond acceptors (Lipinski definition) is 3. The van der Waals surface area contributed by atoms with Crippen LogP contribution in [0.25, 0.3) is 0 Å². The van der Waals surface area contributed by atoms with Crippen LogP contribution in [0.3, 0.4) is 0 Å². The van der Waals surface area contributed by atoms with Crippen LogP contribution in [0.1, 0.15) is 18.1 Å². The Morgan fingerprint density at radius 3 is 3.16 bits per heavy atom. The zero-order chi connectivity index (χ0) is 13.1. The van der Waals surface area contributed by atoms with Gasteiger partial charge in [0.15, 0.2) is 0 Å². The number of aromatic nitrogens is 2. The third-order valence-electron chi connectivity index (χ3n) is 3.37. The van der Waals surface area contributed by atoms with Gasteiger partial charge in [-0.15, -0.1) is 11.8 Å². The van der Waals surface area contributed by atoms with E-state index in [1.54, 1.807) is 0 Å². The second kappa shape index (κ2) is 5.80. The highest BCUT2D eigenvalue weighted by atomic mass is 32.2. The number of hydrogen-bond donors (Lipinski definition) is 1. The van der Waals surface area contributed by atoms with E-state index in [1.807, 2.05) is 18.0 Å². The van der Waals surface area contributed by atoms with Gasteiger partial charge in [0.1, 0.15) is 0 Å². The summed E-state index contributed by atoms with van der Waals surface area (Å²) >= 11 is 1.98. The highest BCUT2D eigenvalue weighted by Crippen LogP contribution is 2.37. The van der Waals surface area contributed by atoms with Gasteiger partial charge in [0.05, 0.1) is 12.7 Å². The highest BCUT2D eigenvalue weighted by Gasteiger charge is 2.22. The molecular formula is C15H19N3S. The Kier molecular flexibility index (Phi) is 3.89. The van der Waals surface area contributed by atoms with E-state index in [0.29, 0.717) is 5.25 Å². The third-order valence-corrected chi connectivity index (χ3v) is 4.67. The van der Waals surface area contributed by atoms with Crippen LogP contribution in [0.2, 0.25) is 0 Å². The van der Waals surface area contributed by atoms with Crippen molar-refractivity contribution in [3.8, 4) is 0 Å². The third kappa shape index (κ3) is 3.01. The van der Waals surface area contributed by atoms with Crippen LogP contribution in [0, 0.1) is 0 Å². The van der Waals surface area contributed by atoms with E-state index < -0.39 is 0 Å². The predicted molar refractivity (Wildman–Crippen MR) is 79.4 cm³/mol. The summed E-state index contributed by atoms with van der Waals surface area (Å²) in [5, 5.41) is 8.40. The Hall–Kier alpha value is -1.26. The Morgan fingerprint density at radius 1 is 1.42 bits per heavy atom. The molecule has 0 spiro atoms. The lowest BCUT2D eigenvalue weighted by Gasteiger charge is -2.08. The molecule has 19 heavy (non-hydrogen) atoms. The number of benzene rings is 1. The first-order valence-corrected chi connectivity index (χ1v) is 7.69. The average Bonchev–Trinajstić information content (AvgIpc) is 3.02. The molecule has 0 fully saturated rings. The van der Waals surface area contributed by atoms with Gasteiger partial charge in [-0.2, -0.15) is 5.10 Å². The molecule has 2 heterocycles. The lowest BCUT2D eigenvalue weighted by Crippen LogP contribution is -2.13. The lowest BCUT2D eigenvalue weighted by atomic mass is 10.1. The predicted octanol–water partition coefficient (Wildman–Crippen LogP) is 2.71. The van der Waals surface area contributed by atoms with Crippen molar-refractivity contribution in [2.24, 2.45) is 0 Å². The maximum Gasteiger partial charge on any atom is 0.0534 e. The normalized spacial score (nSPS) is 17.6. The molecule has 1 N–H and O–H groups in total. The zero-order valence-electron chi connectivity index (χ0n) is 11.2. The van der Waals surface area contributed by atoms with Crippen LogP contribution >= 0.6 is 11.8 Å². The van der Waals surface area contributed by atoms with Gasteiger partial charge in [-0.1, -0.05) is 25.1 Å². The van der Waals surface area contributed by atoms with Gasteiger partial charge in [0, 0.05) is 28.5 Å². The summed E-state index contributed by atoms with van der Waals surface area (Å²) in [6, 6.07) is 8.71. The summed E-state index contributed by atoms with van der Waals surface area (Å²) < 4.78 is 2.08. The Bertz CT molecular complexity index is 525. The summed E-state index contributed by atoms with van der Waals surface area (Å²) in [5.41, 5.74) is 2.75. The standard InChI is InChI=1S/C15H19N3S/c1-2-16-8-12-9-17-18(10-12)11-14-7-13-5-3-4-6-15(13)19-14/h3-6,9-10,14,16H,2,7-8,11H2,1H3. The molecule has 3 nitrogen and oxygen atoms in total. The van der Waals surface area contributed by atoms with E-state index in [-0.39, 0.29) is 0 Å². The van der Waals surface area contributed by atoms with E-state index in [1.165, 1.54) is 16.0 Å². The monoisotopic (exact) mass is 273 g/mol. The van der Waals surface area contributed by atoms with Gasteiger partial charge >= 0.3 is 0 Å². The SMILES string of the molecule is CCNCc1cnn(CC2Cc3ccccc3S2)c1. The van der Waals surface area contributed by atoms with Crippen molar-refractivity contribution in [3.05, 3.63) is 47.8 Å². The summed E-state index contributed by atoms with van der Waals surface area (Å²) in [7, 11) is 0. The molecule has 0 aliphatic carbocycles. The van der Waals surface area contributed by atoms with Crippen LogP contribution in [0.4, 0.5) is 0 Å². The molecule has 1 atom stereocenters. The molecule has 1 aliphatic rings. The van der Waals surface area contributed by atoms with Crippen molar-refractivity contribution in [2.45, 2.75) is 36.6 Å². The molecule has 0 amide bonds. The quantitative estimate of drug-likeness (QED) is 0.908. The van der Waals surface area contributed by atoms with Crippen LogP contribution in [-0.4, -0.2) is 21.6 Å². The number of nitrogens with one attached hydrogen (secondary N) is 1. The first-order chi connectivity index (χ1) is 9.35. The fourth-order valence-corrected chi connectivity index (χ4v) is 3.74. The molecule has 0 saturated heterocycles. The van der Waals surface area contributed by atoms with Crippen molar-refractivity contribution in [1.82, 2.24) is 15.1 Å². The van der Waals surface area contributed by atoms with Crippen LogP contribution in [-0.2, 0) is 19.5 Å². The molecule has 3 rings (SSSR count). The second-order valence-corrected chi connectivity index (χ2v) is 6.24. The maximum absolute atomic E-state index is 4.46. The minimum absolute atomic E-state index is 0.615. The molecule has 4 heteroatoms. The van der Waals surface area contributed by atoms with Gasteiger partial charge in [-0.05, 0) is 24.6 Å². The molecule has 0 saturated carbocycles. The topological polar surface area (TPSA) is 29.9 Å². The Labute approximate surface area is 118 Å². The number of thioether (sulfide) groups is 1. The molecule has 1 unspecified atom stereocenters. The van der Waals surface area contributed by atoms with Gasteiger partial charge < -0.3 is 5.32 Å². The van der Waals surface area contributed by atoms with E-state index in [4.69, 9.17) is 0 Å². The fourth-order valence-electron chi connectivity index (χ4n) is 2.43. The molecule has 0 radical (unpaired) electrons. The summed E-state index contributed by atoms with van der Waals surface area (Å²) in [4.78, 5) is 1.44. The molecule has 1 aliphatic heterocycles. The first kappa shape index (κ1) is 12.8. The minimum Gasteiger partial charge on any atom is -0.313 e. The van der Waals surface area contributed by atoms with Crippen molar-refractivity contribution >= 4 is 11.8 Å². The Balaban J connectivity index is 1.60. The Morgan fingerprint density at radius 2 is 2.32 bits per heavy atom. The zero-order valence-corrected chi connectivity index (χ0v) is 12.0.